The van der Waals surface area contributed by atoms with E-state index in [4.69, 9.17) is 9.15 Å². The number of carbonyl (C=O) groups excluding carboxylic acids is 1. The Morgan fingerprint density at radius 3 is 2.86 bits per heavy atom. The summed E-state index contributed by atoms with van der Waals surface area (Å²) in [6.45, 7) is 3.76. The summed E-state index contributed by atoms with van der Waals surface area (Å²) in [5, 5.41) is 15.1. The van der Waals surface area contributed by atoms with Gasteiger partial charge in [-0.05, 0) is 50.2 Å². The number of benzene rings is 1. The SMILES string of the molecule is COc1ccccc1-n1c(SCc2nc(C(=O)NCCN3CCCC3)cs2)nnc1-c1ccco1. The predicted molar refractivity (Wildman–Crippen MR) is 135 cm³/mol. The van der Waals surface area contributed by atoms with Gasteiger partial charge in [0.25, 0.3) is 5.91 Å². The molecule has 0 bridgehead atoms. The fourth-order valence-corrected chi connectivity index (χ4v) is 5.73. The number of rotatable bonds is 10. The minimum absolute atomic E-state index is 0.131. The molecule has 4 heterocycles. The molecule has 0 atom stereocenters. The fourth-order valence-electron chi connectivity index (χ4n) is 3.99. The Morgan fingerprint density at radius 1 is 1.20 bits per heavy atom. The van der Waals surface area contributed by atoms with Crippen LogP contribution in [0.5, 0.6) is 5.75 Å². The van der Waals surface area contributed by atoms with E-state index in [-0.39, 0.29) is 5.91 Å². The molecular weight excluding hydrogens is 484 g/mol. The molecule has 1 N–H and O–H groups in total. The van der Waals surface area contributed by atoms with Crippen LogP contribution in [-0.2, 0) is 5.75 Å². The molecule has 5 rings (SSSR count). The van der Waals surface area contributed by atoms with Crippen molar-refractivity contribution < 1.29 is 13.9 Å². The molecule has 3 aromatic heterocycles. The summed E-state index contributed by atoms with van der Waals surface area (Å²) in [6.07, 6.45) is 4.10. The van der Waals surface area contributed by atoms with Gasteiger partial charge in [0.15, 0.2) is 10.9 Å². The van der Waals surface area contributed by atoms with Crippen LogP contribution in [0, 0.1) is 0 Å². The van der Waals surface area contributed by atoms with Crippen molar-refractivity contribution in [3.63, 3.8) is 0 Å². The number of nitrogens with one attached hydrogen (secondary N) is 1. The van der Waals surface area contributed by atoms with Gasteiger partial charge in [0.2, 0.25) is 5.82 Å². The number of furan rings is 1. The van der Waals surface area contributed by atoms with E-state index < -0.39 is 0 Å². The first-order valence-corrected chi connectivity index (χ1v) is 13.3. The first-order chi connectivity index (χ1) is 17.2. The van der Waals surface area contributed by atoms with Crippen molar-refractivity contribution in [2.75, 3.05) is 33.3 Å². The van der Waals surface area contributed by atoms with Gasteiger partial charge in [0.05, 0.1) is 24.8 Å². The van der Waals surface area contributed by atoms with E-state index in [0.717, 1.165) is 30.3 Å². The molecule has 0 unspecified atom stereocenters. The normalized spacial score (nSPS) is 13.9. The summed E-state index contributed by atoms with van der Waals surface area (Å²) >= 11 is 2.96. The Kier molecular flexibility index (Phi) is 7.45. The number of thioether (sulfide) groups is 1. The van der Waals surface area contributed by atoms with E-state index in [1.54, 1.807) is 18.8 Å². The Bertz CT molecular complexity index is 1260. The van der Waals surface area contributed by atoms with Gasteiger partial charge in [-0.3, -0.25) is 9.36 Å². The summed E-state index contributed by atoms with van der Waals surface area (Å²) in [4.78, 5) is 19.4. The second kappa shape index (κ2) is 11.1. The van der Waals surface area contributed by atoms with Gasteiger partial charge in [-0.1, -0.05) is 23.9 Å². The van der Waals surface area contributed by atoms with E-state index in [1.807, 2.05) is 41.0 Å². The van der Waals surface area contributed by atoms with Gasteiger partial charge in [-0.25, -0.2) is 4.98 Å². The minimum Gasteiger partial charge on any atom is -0.495 e. The lowest BCUT2D eigenvalue weighted by Gasteiger charge is -2.14. The summed E-state index contributed by atoms with van der Waals surface area (Å²) in [7, 11) is 1.63. The largest absolute Gasteiger partial charge is 0.495 e. The maximum Gasteiger partial charge on any atom is 0.270 e. The van der Waals surface area contributed by atoms with Crippen LogP contribution in [0.25, 0.3) is 17.3 Å². The Hall–Kier alpha value is -3.15. The number of carbonyl (C=O) groups is 1. The molecule has 11 heteroatoms. The first kappa shape index (κ1) is 23.6. The molecule has 0 radical (unpaired) electrons. The number of aromatic nitrogens is 4. The fraction of sp³-hybridized carbons (Fsp3) is 0.333. The van der Waals surface area contributed by atoms with E-state index in [1.165, 1.54) is 35.9 Å². The van der Waals surface area contributed by atoms with Crippen molar-refractivity contribution in [3.05, 3.63) is 58.7 Å². The van der Waals surface area contributed by atoms with E-state index in [9.17, 15) is 4.79 Å². The van der Waals surface area contributed by atoms with Gasteiger partial charge in [0.1, 0.15) is 16.5 Å². The smallest absolute Gasteiger partial charge is 0.270 e. The van der Waals surface area contributed by atoms with Gasteiger partial charge in [0, 0.05) is 18.5 Å². The third kappa shape index (κ3) is 5.42. The van der Waals surface area contributed by atoms with Crippen LogP contribution in [0.1, 0.15) is 28.3 Å². The van der Waals surface area contributed by atoms with E-state index in [0.29, 0.717) is 40.5 Å². The quantitative estimate of drug-likeness (QED) is 0.318. The lowest BCUT2D eigenvalue weighted by atomic mass is 10.3. The third-order valence-corrected chi connectivity index (χ3v) is 7.69. The summed E-state index contributed by atoms with van der Waals surface area (Å²) < 4.78 is 13.1. The molecule has 9 nitrogen and oxygen atoms in total. The number of amides is 1. The predicted octanol–water partition coefficient (Wildman–Crippen LogP) is 4.11. The highest BCUT2D eigenvalue weighted by Gasteiger charge is 2.21. The molecule has 1 saturated heterocycles. The lowest BCUT2D eigenvalue weighted by molar-refractivity contribution is 0.0945. The molecule has 1 amide bonds. The van der Waals surface area contributed by atoms with Crippen LogP contribution in [0.2, 0.25) is 0 Å². The molecule has 0 aliphatic carbocycles. The summed E-state index contributed by atoms with van der Waals surface area (Å²) in [5.41, 5.74) is 1.26. The van der Waals surface area contributed by atoms with Crippen molar-refractivity contribution in [3.8, 4) is 23.0 Å². The Labute approximate surface area is 211 Å². The van der Waals surface area contributed by atoms with Crippen molar-refractivity contribution in [1.29, 1.82) is 0 Å². The second-order valence-electron chi connectivity index (χ2n) is 8.01. The number of hydrogen-bond donors (Lipinski definition) is 1. The molecule has 35 heavy (non-hydrogen) atoms. The second-order valence-corrected chi connectivity index (χ2v) is 9.90. The number of likely N-dealkylation sites (tertiary alicyclic amines) is 1. The summed E-state index contributed by atoms with van der Waals surface area (Å²) in [6, 6.07) is 11.4. The Balaban J connectivity index is 1.29. The molecule has 1 aliphatic heterocycles. The monoisotopic (exact) mass is 510 g/mol. The summed E-state index contributed by atoms with van der Waals surface area (Å²) in [5.74, 6) is 2.31. The van der Waals surface area contributed by atoms with Gasteiger partial charge < -0.3 is 19.4 Å². The van der Waals surface area contributed by atoms with Crippen LogP contribution >= 0.6 is 23.1 Å². The highest BCUT2D eigenvalue weighted by atomic mass is 32.2. The molecule has 1 fully saturated rings. The number of ether oxygens (including phenoxy) is 1. The van der Waals surface area contributed by atoms with Gasteiger partial charge in [-0.15, -0.1) is 21.5 Å². The minimum atomic E-state index is -0.131. The topological polar surface area (TPSA) is 98.3 Å². The molecule has 4 aromatic rings. The van der Waals surface area contributed by atoms with Crippen molar-refractivity contribution in [2.45, 2.75) is 23.8 Å². The maximum absolute atomic E-state index is 12.5. The average molecular weight is 511 g/mol. The standard InChI is InChI=1S/C24H26N6O3S2/c1-32-19-8-3-2-7-18(19)30-22(20-9-6-14-33-20)27-28-24(30)35-16-21-26-17(15-34-21)23(31)25-10-13-29-11-4-5-12-29/h2-3,6-9,14-15H,4-5,10-13,16H2,1H3,(H,25,31). The van der Waals surface area contributed by atoms with Crippen molar-refractivity contribution >= 4 is 29.0 Å². The number of hydrogen-bond acceptors (Lipinski definition) is 9. The molecule has 1 aromatic carbocycles. The number of methoxy groups -OCH3 is 1. The van der Waals surface area contributed by atoms with Crippen LogP contribution in [0.3, 0.4) is 0 Å². The zero-order chi connectivity index (χ0) is 24.0. The number of para-hydroxylation sites is 2. The van der Waals surface area contributed by atoms with Crippen LogP contribution in [0.15, 0.2) is 57.6 Å². The van der Waals surface area contributed by atoms with Gasteiger partial charge in [-0.2, -0.15) is 0 Å². The maximum atomic E-state index is 12.5. The van der Waals surface area contributed by atoms with E-state index >= 15 is 0 Å². The molecule has 0 saturated carbocycles. The Morgan fingerprint density at radius 2 is 2.06 bits per heavy atom. The average Bonchev–Trinajstić information content (AvgIpc) is 3.69. The molecule has 0 spiro atoms. The van der Waals surface area contributed by atoms with Crippen molar-refractivity contribution in [2.24, 2.45) is 0 Å². The van der Waals surface area contributed by atoms with Gasteiger partial charge >= 0.3 is 0 Å². The van der Waals surface area contributed by atoms with Crippen LogP contribution in [0.4, 0.5) is 0 Å². The zero-order valence-corrected chi connectivity index (χ0v) is 21.0. The molecule has 1 aliphatic rings. The first-order valence-electron chi connectivity index (χ1n) is 11.4. The molecular formula is C24H26N6O3S2. The third-order valence-electron chi connectivity index (χ3n) is 5.72. The van der Waals surface area contributed by atoms with Crippen molar-refractivity contribution in [1.82, 2.24) is 30.0 Å². The number of nitrogens with zero attached hydrogens (tertiary/aromatic N) is 5. The zero-order valence-electron chi connectivity index (χ0n) is 19.3. The van der Waals surface area contributed by atoms with Crippen LogP contribution in [-0.4, -0.2) is 63.8 Å². The highest BCUT2D eigenvalue weighted by Crippen LogP contribution is 2.34. The lowest BCUT2D eigenvalue weighted by Crippen LogP contribution is -2.33. The number of thiazole rings is 1. The molecule has 182 valence electrons. The highest BCUT2D eigenvalue weighted by molar-refractivity contribution is 7.98. The van der Waals surface area contributed by atoms with E-state index in [2.05, 4.69) is 25.4 Å². The van der Waals surface area contributed by atoms with Crippen LogP contribution < -0.4 is 10.1 Å².